The second-order valence-electron chi connectivity index (χ2n) is 3.46. The Morgan fingerprint density at radius 1 is 1.50 bits per heavy atom. The van der Waals surface area contributed by atoms with Gasteiger partial charge >= 0.3 is 6.18 Å². The number of alkyl halides is 3. The Labute approximate surface area is 69.5 Å². The van der Waals surface area contributed by atoms with E-state index in [1.807, 2.05) is 0 Å². The molecule has 0 amide bonds. The highest BCUT2D eigenvalue weighted by Crippen LogP contribution is 2.18. The number of halogens is 3. The molecular formula is C7H13F3N2. The van der Waals surface area contributed by atoms with Gasteiger partial charge in [0.15, 0.2) is 0 Å². The molecule has 1 saturated heterocycles. The quantitative estimate of drug-likeness (QED) is 0.662. The Balaban J connectivity index is 2.30. The van der Waals surface area contributed by atoms with Crippen LogP contribution in [0, 0.1) is 0 Å². The highest BCUT2D eigenvalue weighted by molar-refractivity contribution is 4.91. The van der Waals surface area contributed by atoms with E-state index in [0.29, 0.717) is 6.54 Å². The molecule has 0 aromatic carbocycles. The summed E-state index contributed by atoms with van der Waals surface area (Å²) in [5.41, 5.74) is -0.379. The van der Waals surface area contributed by atoms with Gasteiger partial charge in [-0.25, -0.2) is 0 Å². The minimum atomic E-state index is -4.11. The summed E-state index contributed by atoms with van der Waals surface area (Å²) in [5, 5.41) is 5.53. The van der Waals surface area contributed by atoms with Crippen LogP contribution >= 0.6 is 0 Å². The lowest BCUT2D eigenvalue weighted by Crippen LogP contribution is -2.48. The summed E-state index contributed by atoms with van der Waals surface area (Å²) in [4.78, 5) is 0. The van der Waals surface area contributed by atoms with E-state index in [2.05, 4.69) is 10.6 Å². The average molecular weight is 182 g/mol. The first-order valence-corrected chi connectivity index (χ1v) is 3.94. The molecule has 1 aliphatic rings. The average Bonchev–Trinajstić information content (AvgIpc) is 2.32. The molecule has 0 spiro atoms. The van der Waals surface area contributed by atoms with Crippen LogP contribution in [-0.4, -0.2) is 31.3 Å². The van der Waals surface area contributed by atoms with Crippen LogP contribution in [-0.2, 0) is 0 Å². The van der Waals surface area contributed by atoms with Crippen LogP contribution in [0.4, 0.5) is 13.2 Å². The zero-order valence-corrected chi connectivity index (χ0v) is 6.96. The molecule has 2 N–H and O–H groups in total. The van der Waals surface area contributed by atoms with Crippen LogP contribution in [0.1, 0.15) is 13.3 Å². The van der Waals surface area contributed by atoms with Gasteiger partial charge in [0.2, 0.25) is 0 Å². The summed E-state index contributed by atoms with van der Waals surface area (Å²) in [6.07, 6.45) is -3.35. The van der Waals surface area contributed by atoms with Crippen LogP contribution in [0.5, 0.6) is 0 Å². The zero-order chi connectivity index (χ0) is 9.24. The molecule has 0 aromatic rings. The van der Waals surface area contributed by atoms with Crippen molar-refractivity contribution in [2.24, 2.45) is 0 Å². The largest absolute Gasteiger partial charge is 0.401 e. The Hall–Kier alpha value is -0.290. The Kier molecular flexibility index (Phi) is 2.63. The van der Waals surface area contributed by atoms with Crippen molar-refractivity contribution in [3.8, 4) is 0 Å². The van der Waals surface area contributed by atoms with Gasteiger partial charge in [-0.05, 0) is 19.9 Å². The fourth-order valence-electron chi connectivity index (χ4n) is 1.28. The number of rotatable bonds is 2. The summed E-state index contributed by atoms with van der Waals surface area (Å²) >= 11 is 0. The van der Waals surface area contributed by atoms with Crippen LogP contribution < -0.4 is 10.6 Å². The summed E-state index contributed by atoms with van der Waals surface area (Å²) in [6.45, 7) is 2.31. The third-order valence-electron chi connectivity index (χ3n) is 2.08. The van der Waals surface area contributed by atoms with Crippen molar-refractivity contribution in [3.05, 3.63) is 0 Å². The maximum absolute atomic E-state index is 11.8. The molecule has 1 heterocycles. The second-order valence-corrected chi connectivity index (χ2v) is 3.46. The lowest BCUT2D eigenvalue weighted by Gasteiger charge is -2.25. The topological polar surface area (TPSA) is 24.1 Å². The molecule has 72 valence electrons. The lowest BCUT2D eigenvalue weighted by atomic mass is 10.0. The molecule has 1 atom stereocenters. The van der Waals surface area contributed by atoms with Crippen molar-refractivity contribution in [3.63, 3.8) is 0 Å². The molecule has 1 fully saturated rings. The molecule has 12 heavy (non-hydrogen) atoms. The number of hydrogen-bond donors (Lipinski definition) is 2. The summed E-state index contributed by atoms with van der Waals surface area (Å²) in [5.74, 6) is 0. The van der Waals surface area contributed by atoms with Gasteiger partial charge < -0.3 is 10.6 Å². The van der Waals surface area contributed by atoms with E-state index < -0.39 is 12.7 Å². The van der Waals surface area contributed by atoms with E-state index in [1.165, 1.54) is 0 Å². The molecule has 5 heteroatoms. The summed E-state index contributed by atoms with van der Waals surface area (Å²) in [7, 11) is 0. The van der Waals surface area contributed by atoms with Crippen molar-refractivity contribution in [2.75, 3.05) is 19.6 Å². The Bertz CT molecular complexity index is 149. The van der Waals surface area contributed by atoms with E-state index in [-0.39, 0.29) is 5.54 Å². The minimum Gasteiger partial charge on any atom is -0.315 e. The van der Waals surface area contributed by atoms with Gasteiger partial charge in [0, 0.05) is 12.1 Å². The first kappa shape index (κ1) is 9.80. The molecule has 0 aromatic heterocycles. The van der Waals surface area contributed by atoms with Crippen molar-refractivity contribution in [1.82, 2.24) is 10.6 Å². The maximum Gasteiger partial charge on any atom is 0.401 e. The molecule has 0 bridgehead atoms. The molecule has 0 aliphatic carbocycles. The highest BCUT2D eigenvalue weighted by Gasteiger charge is 2.34. The van der Waals surface area contributed by atoms with E-state index in [4.69, 9.17) is 0 Å². The van der Waals surface area contributed by atoms with E-state index in [1.54, 1.807) is 6.92 Å². The van der Waals surface area contributed by atoms with Gasteiger partial charge in [-0.1, -0.05) is 0 Å². The molecule has 2 nitrogen and oxygen atoms in total. The smallest absolute Gasteiger partial charge is 0.315 e. The third-order valence-corrected chi connectivity index (χ3v) is 2.08. The lowest BCUT2D eigenvalue weighted by molar-refractivity contribution is -0.128. The molecular weight excluding hydrogens is 169 g/mol. The van der Waals surface area contributed by atoms with Crippen molar-refractivity contribution < 1.29 is 13.2 Å². The summed E-state index contributed by atoms with van der Waals surface area (Å²) < 4.78 is 35.4. The zero-order valence-electron chi connectivity index (χ0n) is 6.96. The van der Waals surface area contributed by atoms with Crippen molar-refractivity contribution in [1.29, 1.82) is 0 Å². The monoisotopic (exact) mass is 182 g/mol. The van der Waals surface area contributed by atoms with E-state index in [9.17, 15) is 13.2 Å². The van der Waals surface area contributed by atoms with Crippen LogP contribution in [0.3, 0.4) is 0 Å². The van der Waals surface area contributed by atoms with Crippen molar-refractivity contribution in [2.45, 2.75) is 25.1 Å². The van der Waals surface area contributed by atoms with Crippen molar-refractivity contribution >= 4 is 0 Å². The predicted molar refractivity (Wildman–Crippen MR) is 39.9 cm³/mol. The van der Waals surface area contributed by atoms with E-state index >= 15 is 0 Å². The predicted octanol–water partition coefficient (Wildman–Crippen LogP) is 0.890. The molecule has 0 saturated carbocycles. The second kappa shape index (κ2) is 3.22. The molecule has 1 unspecified atom stereocenters. The van der Waals surface area contributed by atoms with Gasteiger partial charge in [0.05, 0.1) is 6.54 Å². The van der Waals surface area contributed by atoms with Crippen LogP contribution in [0.15, 0.2) is 0 Å². The van der Waals surface area contributed by atoms with E-state index in [0.717, 1.165) is 13.0 Å². The van der Waals surface area contributed by atoms with Gasteiger partial charge in [-0.3, -0.25) is 0 Å². The Morgan fingerprint density at radius 2 is 2.17 bits per heavy atom. The third kappa shape index (κ3) is 2.98. The first-order chi connectivity index (χ1) is 5.41. The molecule has 1 rings (SSSR count). The molecule has 1 aliphatic heterocycles. The highest BCUT2D eigenvalue weighted by atomic mass is 19.4. The van der Waals surface area contributed by atoms with Gasteiger partial charge in [-0.2, -0.15) is 13.2 Å². The fraction of sp³-hybridized carbons (Fsp3) is 1.00. The SMILES string of the molecule is CC1(NCC(F)(F)F)CCNC1. The van der Waals surface area contributed by atoms with Gasteiger partial charge in [0.25, 0.3) is 0 Å². The first-order valence-electron chi connectivity index (χ1n) is 3.94. The van der Waals surface area contributed by atoms with Gasteiger partial charge in [0.1, 0.15) is 0 Å². The maximum atomic E-state index is 11.8. The number of nitrogens with one attached hydrogen (secondary N) is 2. The fourth-order valence-corrected chi connectivity index (χ4v) is 1.28. The summed E-state index contributed by atoms with van der Waals surface area (Å²) in [6, 6.07) is 0. The Morgan fingerprint density at radius 3 is 2.58 bits per heavy atom. The van der Waals surface area contributed by atoms with Crippen LogP contribution in [0.25, 0.3) is 0 Å². The van der Waals surface area contributed by atoms with Crippen LogP contribution in [0.2, 0.25) is 0 Å². The standard InChI is InChI=1S/C7H13F3N2/c1-6(2-3-11-4-6)12-5-7(8,9)10/h11-12H,2-5H2,1H3. The molecule has 0 radical (unpaired) electrons. The minimum absolute atomic E-state index is 0.379. The van der Waals surface area contributed by atoms with Gasteiger partial charge in [-0.15, -0.1) is 0 Å². The number of hydrogen-bond acceptors (Lipinski definition) is 2. The normalized spacial score (nSPS) is 31.0.